The van der Waals surface area contributed by atoms with Gasteiger partial charge in [0.05, 0.1) is 17.3 Å². The van der Waals surface area contributed by atoms with Crippen molar-refractivity contribution in [2.24, 2.45) is 0 Å². The van der Waals surface area contributed by atoms with Crippen LogP contribution in [-0.4, -0.2) is 19.7 Å². The fourth-order valence-corrected chi connectivity index (χ4v) is 3.45. The van der Waals surface area contributed by atoms with Crippen LogP contribution in [0.25, 0.3) is 0 Å². The molecule has 120 valence electrons. The number of benzene rings is 2. The molecule has 0 radical (unpaired) electrons. The first-order valence-corrected chi connectivity index (χ1v) is 8.33. The lowest BCUT2D eigenvalue weighted by atomic mass is 10.0. The number of carbonyl (C=O) groups excluding carboxylic acids is 1. The Balaban J connectivity index is 1.77. The maximum atomic E-state index is 12.5. The van der Waals surface area contributed by atoms with Crippen LogP contribution in [0.3, 0.4) is 0 Å². The molecule has 0 aliphatic carbocycles. The van der Waals surface area contributed by atoms with Crippen LogP contribution in [0.2, 0.25) is 0 Å². The highest BCUT2D eigenvalue weighted by Gasteiger charge is 2.26. The Morgan fingerprint density at radius 3 is 2.74 bits per heavy atom. The number of rotatable bonds is 3. The van der Waals surface area contributed by atoms with Gasteiger partial charge in [-0.05, 0) is 52.0 Å². The van der Waals surface area contributed by atoms with E-state index in [1.165, 1.54) is 0 Å². The van der Waals surface area contributed by atoms with Gasteiger partial charge in [-0.2, -0.15) is 0 Å². The molecule has 2 aromatic carbocycles. The molecule has 4 nitrogen and oxygen atoms in total. The van der Waals surface area contributed by atoms with Crippen LogP contribution in [0.5, 0.6) is 5.75 Å². The zero-order valence-electron chi connectivity index (χ0n) is 12.9. The normalized spacial score (nSPS) is 13.4. The van der Waals surface area contributed by atoms with E-state index in [1.807, 2.05) is 42.5 Å². The summed E-state index contributed by atoms with van der Waals surface area (Å²) in [6.07, 6.45) is 1.50. The van der Waals surface area contributed by atoms with Crippen LogP contribution in [0.4, 0.5) is 10.5 Å². The van der Waals surface area contributed by atoms with Gasteiger partial charge >= 0.3 is 6.09 Å². The number of halogens is 1. The fourth-order valence-electron chi connectivity index (χ4n) is 2.76. The van der Waals surface area contributed by atoms with E-state index < -0.39 is 0 Å². The van der Waals surface area contributed by atoms with Gasteiger partial charge in [0.15, 0.2) is 0 Å². The lowest BCUT2D eigenvalue weighted by Gasteiger charge is -2.29. The van der Waals surface area contributed by atoms with Crippen LogP contribution in [0, 0.1) is 0 Å². The molecule has 2 aromatic rings. The predicted octanol–water partition coefficient (Wildman–Crippen LogP) is 4.55. The molecule has 23 heavy (non-hydrogen) atoms. The first-order valence-electron chi connectivity index (χ1n) is 7.54. The molecule has 0 aromatic heterocycles. The highest BCUT2D eigenvalue weighted by Crippen LogP contribution is 2.38. The number of hydrogen-bond acceptors (Lipinski definition) is 3. The predicted molar refractivity (Wildman–Crippen MR) is 93.0 cm³/mol. The summed E-state index contributed by atoms with van der Waals surface area (Å²) >= 11 is 3.58. The zero-order chi connectivity index (χ0) is 16.2. The maximum absolute atomic E-state index is 12.5. The topological polar surface area (TPSA) is 38.8 Å². The van der Waals surface area contributed by atoms with Gasteiger partial charge in [-0.15, -0.1) is 0 Å². The zero-order valence-corrected chi connectivity index (χ0v) is 14.5. The Kier molecular flexibility index (Phi) is 4.86. The number of fused-ring (bicyclic) bond motifs is 1. The van der Waals surface area contributed by atoms with Crippen molar-refractivity contribution < 1.29 is 14.3 Å². The average molecular weight is 376 g/mol. The van der Waals surface area contributed by atoms with Gasteiger partial charge in [-0.1, -0.05) is 30.3 Å². The summed E-state index contributed by atoms with van der Waals surface area (Å²) in [5, 5.41) is 0. The lowest BCUT2D eigenvalue weighted by Crippen LogP contribution is -2.36. The van der Waals surface area contributed by atoms with Crippen molar-refractivity contribution in [2.75, 3.05) is 18.6 Å². The van der Waals surface area contributed by atoms with E-state index in [9.17, 15) is 4.79 Å². The van der Waals surface area contributed by atoms with Crippen LogP contribution < -0.4 is 9.64 Å². The molecule has 0 atom stereocenters. The van der Waals surface area contributed by atoms with Crippen molar-refractivity contribution in [1.82, 2.24) is 0 Å². The van der Waals surface area contributed by atoms with Crippen molar-refractivity contribution in [3.63, 3.8) is 0 Å². The molecule has 0 fully saturated rings. The first kappa shape index (κ1) is 15.9. The standard InChI is InChI=1S/C18H18BrNO3/c1-22-16-10-9-15-14(17(16)19)8-5-11-20(15)18(21)23-12-13-6-3-2-4-7-13/h2-4,6-7,9-10H,5,8,11-12H2,1H3. The van der Waals surface area contributed by atoms with Crippen molar-refractivity contribution in [2.45, 2.75) is 19.4 Å². The minimum atomic E-state index is -0.313. The number of ether oxygens (including phenoxy) is 2. The molecule has 5 heteroatoms. The number of nitrogens with zero attached hydrogens (tertiary/aromatic N) is 1. The molecule has 1 aliphatic rings. The van der Waals surface area contributed by atoms with Gasteiger partial charge in [0.2, 0.25) is 0 Å². The van der Waals surface area contributed by atoms with E-state index in [1.54, 1.807) is 12.0 Å². The number of anilines is 1. The second-order valence-corrected chi connectivity index (χ2v) is 6.17. The summed E-state index contributed by atoms with van der Waals surface area (Å²) in [6, 6.07) is 13.5. The molecular formula is C18H18BrNO3. The molecule has 0 N–H and O–H groups in total. The fraction of sp³-hybridized carbons (Fsp3) is 0.278. The highest BCUT2D eigenvalue weighted by molar-refractivity contribution is 9.10. The molecule has 1 heterocycles. The van der Waals surface area contributed by atoms with Gasteiger partial charge in [-0.3, -0.25) is 4.90 Å². The summed E-state index contributed by atoms with van der Waals surface area (Å²) in [5.74, 6) is 0.781. The second kappa shape index (κ2) is 7.04. The van der Waals surface area contributed by atoms with Crippen molar-refractivity contribution in [3.05, 3.63) is 58.1 Å². The van der Waals surface area contributed by atoms with Gasteiger partial charge < -0.3 is 9.47 Å². The molecule has 0 saturated heterocycles. The monoisotopic (exact) mass is 375 g/mol. The Hall–Kier alpha value is -2.01. The molecule has 0 spiro atoms. The summed E-state index contributed by atoms with van der Waals surface area (Å²) in [7, 11) is 1.64. The number of amides is 1. The average Bonchev–Trinajstić information content (AvgIpc) is 2.60. The smallest absolute Gasteiger partial charge is 0.414 e. The van der Waals surface area contributed by atoms with E-state index in [0.717, 1.165) is 39.9 Å². The quantitative estimate of drug-likeness (QED) is 0.789. The van der Waals surface area contributed by atoms with Crippen LogP contribution in [0.1, 0.15) is 17.5 Å². The Morgan fingerprint density at radius 1 is 1.22 bits per heavy atom. The van der Waals surface area contributed by atoms with Gasteiger partial charge in [0.1, 0.15) is 12.4 Å². The molecule has 0 saturated carbocycles. The largest absolute Gasteiger partial charge is 0.496 e. The highest BCUT2D eigenvalue weighted by atomic mass is 79.9. The summed E-state index contributed by atoms with van der Waals surface area (Å²) in [4.78, 5) is 14.2. The molecule has 1 amide bonds. The Bertz CT molecular complexity index is 703. The SMILES string of the molecule is COc1ccc2c(c1Br)CCCN2C(=O)OCc1ccccc1. The first-order chi connectivity index (χ1) is 11.2. The molecular weight excluding hydrogens is 358 g/mol. The van der Waals surface area contributed by atoms with E-state index in [0.29, 0.717) is 6.54 Å². The van der Waals surface area contributed by atoms with Crippen molar-refractivity contribution in [3.8, 4) is 5.75 Å². The summed E-state index contributed by atoms with van der Waals surface area (Å²) in [5.41, 5.74) is 2.96. The van der Waals surface area contributed by atoms with Crippen molar-refractivity contribution in [1.29, 1.82) is 0 Å². The van der Waals surface area contributed by atoms with Gasteiger partial charge in [0, 0.05) is 6.54 Å². The number of hydrogen-bond donors (Lipinski definition) is 0. The molecule has 1 aliphatic heterocycles. The third-order valence-electron chi connectivity index (χ3n) is 3.93. The van der Waals surface area contributed by atoms with Gasteiger partial charge in [0.25, 0.3) is 0 Å². The lowest BCUT2D eigenvalue weighted by molar-refractivity contribution is 0.146. The van der Waals surface area contributed by atoms with E-state index in [-0.39, 0.29) is 12.7 Å². The van der Waals surface area contributed by atoms with Crippen LogP contribution in [-0.2, 0) is 17.8 Å². The van der Waals surface area contributed by atoms with E-state index >= 15 is 0 Å². The minimum Gasteiger partial charge on any atom is -0.496 e. The molecule has 3 rings (SSSR count). The Labute approximate surface area is 144 Å². The van der Waals surface area contributed by atoms with Crippen LogP contribution >= 0.6 is 15.9 Å². The Morgan fingerprint density at radius 2 is 2.00 bits per heavy atom. The number of carbonyl (C=O) groups is 1. The third-order valence-corrected chi connectivity index (χ3v) is 4.80. The maximum Gasteiger partial charge on any atom is 0.414 e. The second-order valence-electron chi connectivity index (χ2n) is 5.37. The van der Waals surface area contributed by atoms with Gasteiger partial charge in [-0.25, -0.2) is 4.79 Å². The van der Waals surface area contributed by atoms with E-state index in [2.05, 4.69) is 15.9 Å². The molecule has 0 bridgehead atoms. The van der Waals surface area contributed by atoms with E-state index in [4.69, 9.17) is 9.47 Å². The third kappa shape index (κ3) is 3.34. The summed E-state index contributed by atoms with van der Waals surface area (Å²) in [6.45, 7) is 0.947. The number of methoxy groups -OCH3 is 1. The minimum absolute atomic E-state index is 0.281. The van der Waals surface area contributed by atoms with Crippen molar-refractivity contribution >= 4 is 27.7 Å². The molecule has 0 unspecified atom stereocenters. The summed E-state index contributed by atoms with van der Waals surface area (Å²) < 4.78 is 11.7. The van der Waals surface area contributed by atoms with Crippen LogP contribution in [0.15, 0.2) is 46.9 Å².